The summed E-state index contributed by atoms with van der Waals surface area (Å²) in [6.07, 6.45) is 0.230. The maximum atomic E-state index is 12.2. The fourth-order valence-electron chi connectivity index (χ4n) is 2.15. The van der Waals surface area contributed by atoms with E-state index in [1.165, 1.54) is 4.90 Å². The highest BCUT2D eigenvalue weighted by atomic mass is 16.2. The molecule has 0 aliphatic rings. The molecule has 0 aliphatic heterocycles. The number of carbonyl (C=O) groups excluding carboxylic acids is 3. The summed E-state index contributed by atoms with van der Waals surface area (Å²) in [5.41, 5.74) is 1.65. The smallest absolute Gasteiger partial charge is 0.319 e. The number of hydrogen-bond acceptors (Lipinski definition) is 3. The van der Waals surface area contributed by atoms with Crippen molar-refractivity contribution in [2.24, 2.45) is 0 Å². The first-order valence-corrected chi connectivity index (χ1v) is 8.17. The van der Waals surface area contributed by atoms with Crippen LogP contribution in [-0.4, -0.2) is 43.4 Å². The number of anilines is 2. The standard InChI is InChI=1S/C19H22N4O3/c1-23(2)17(24)11-12-20-19(26)22-16-10-6-9-15(13-16)21-18(25)14-7-4-3-5-8-14/h3-10,13H,11-12H2,1-2H3,(H,21,25)(H2,20,22,26). The number of amides is 4. The molecule has 4 amide bonds. The summed E-state index contributed by atoms with van der Waals surface area (Å²) in [5.74, 6) is -0.287. The summed E-state index contributed by atoms with van der Waals surface area (Å²) in [4.78, 5) is 37.0. The molecule has 0 unspecified atom stereocenters. The lowest BCUT2D eigenvalue weighted by Gasteiger charge is -2.12. The van der Waals surface area contributed by atoms with Crippen molar-refractivity contribution in [3.05, 3.63) is 60.2 Å². The second-order valence-corrected chi connectivity index (χ2v) is 5.82. The van der Waals surface area contributed by atoms with Crippen molar-refractivity contribution >= 4 is 29.2 Å². The lowest BCUT2D eigenvalue weighted by atomic mass is 10.2. The normalized spacial score (nSPS) is 9.92. The molecule has 0 fully saturated rings. The average molecular weight is 354 g/mol. The Hall–Kier alpha value is -3.35. The van der Waals surface area contributed by atoms with Crippen molar-refractivity contribution < 1.29 is 14.4 Å². The van der Waals surface area contributed by atoms with Gasteiger partial charge in [0.25, 0.3) is 5.91 Å². The summed E-state index contributed by atoms with van der Waals surface area (Å²) in [7, 11) is 3.33. The number of benzene rings is 2. The molecule has 0 saturated heterocycles. The van der Waals surface area contributed by atoms with E-state index in [1.807, 2.05) is 6.07 Å². The number of hydrogen-bond donors (Lipinski definition) is 3. The fraction of sp³-hybridized carbons (Fsp3) is 0.211. The predicted octanol–water partition coefficient (Wildman–Crippen LogP) is 2.54. The molecule has 2 aromatic rings. The molecule has 0 radical (unpaired) electrons. The molecule has 26 heavy (non-hydrogen) atoms. The molecule has 2 rings (SSSR count). The first kappa shape index (κ1) is 19.0. The van der Waals surface area contributed by atoms with Gasteiger partial charge in [-0.3, -0.25) is 9.59 Å². The number of nitrogens with one attached hydrogen (secondary N) is 3. The summed E-state index contributed by atoms with van der Waals surface area (Å²) < 4.78 is 0. The average Bonchev–Trinajstić information content (AvgIpc) is 2.62. The van der Waals surface area contributed by atoms with Crippen LogP contribution < -0.4 is 16.0 Å². The first-order valence-electron chi connectivity index (χ1n) is 8.17. The van der Waals surface area contributed by atoms with Crippen LogP contribution in [-0.2, 0) is 4.79 Å². The molecular formula is C19H22N4O3. The number of urea groups is 1. The van der Waals surface area contributed by atoms with Gasteiger partial charge in [0.05, 0.1) is 0 Å². The minimum absolute atomic E-state index is 0.0593. The number of carbonyl (C=O) groups is 3. The Morgan fingerprint density at radius 2 is 1.54 bits per heavy atom. The minimum Gasteiger partial charge on any atom is -0.349 e. The van der Waals surface area contributed by atoms with Crippen molar-refractivity contribution in [3.63, 3.8) is 0 Å². The summed E-state index contributed by atoms with van der Waals surface area (Å²) >= 11 is 0. The molecule has 0 aliphatic carbocycles. The van der Waals surface area contributed by atoms with Gasteiger partial charge in [-0.1, -0.05) is 24.3 Å². The zero-order chi connectivity index (χ0) is 18.9. The van der Waals surface area contributed by atoms with Crippen molar-refractivity contribution in [2.75, 3.05) is 31.3 Å². The Morgan fingerprint density at radius 1 is 0.885 bits per heavy atom. The maximum Gasteiger partial charge on any atom is 0.319 e. The van der Waals surface area contributed by atoms with Crippen LogP contribution in [0.1, 0.15) is 16.8 Å². The highest BCUT2D eigenvalue weighted by molar-refractivity contribution is 6.04. The molecule has 7 nitrogen and oxygen atoms in total. The molecule has 0 heterocycles. The number of rotatable bonds is 6. The van der Waals surface area contributed by atoms with Crippen molar-refractivity contribution in [2.45, 2.75) is 6.42 Å². The zero-order valence-corrected chi connectivity index (χ0v) is 14.8. The quantitative estimate of drug-likeness (QED) is 0.744. The Kier molecular flexibility index (Phi) is 6.73. The molecule has 0 aromatic heterocycles. The Bertz CT molecular complexity index is 775. The lowest BCUT2D eigenvalue weighted by molar-refractivity contribution is -0.128. The van der Waals surface area contributed by atoms with Crippen LogP contribution in [0.25, 0.3) is 0 Å². The summed E-state index contributed by atoms with van der Waals surface area (Å²) in [6, 6.07) is 15.3. The lowest BCUT2D eigenvalue weighted by Crippen LogP contribution is -2.33. The van der Waals surface area contributed by atoms with Gasteiger partial charge in [0.1, 0.15) is 0 Å². The molecule has 2 aromatic carbocycles. The molecule has 0 bridgehead atoms. The third-order valence-electron chi connectivity index (χ3n) is 3.54. The molecule has 0 atom stereocenters. The van der Waals surface area contributed by atoms with Crippen LogP contribution >= 0.6 is 0 Å². The highest BCUT2D eigenvalue weighted by Gasteiger charge is 2.08. The van der Waals surface area contributed by atoms with E-state index >= 15 is 0 Å². The van der Waals surface area contributed by atoms with Crippen LogP contribution in [0.3, 0.4) is 0 Å². The van der Waals surface area contributed by atoms with Crippen LogP contribution in [0.2, 0.25) is 0 Å². The third kappa shape index (κ3) is 5.94. The van der Waals surface area contributed by atoms with Gasteiger partial charge >= 0.3 is 6.03 Å². The molecule has 0 saturated carbocycles. The van der Waals surface area contributed by atoms with Crippen molar-refractivity contribution in [1.82, 2.24) is 10.2 Å². The Balaban J connectivity index is 1.87. The van der Waals surface area contributed by atoms with E-state index in [0.717, 1.165) is 0 Å². The van der Waals surface area contributed by atoms with Gasteiger partial charge < -0.3 is 20.9 Å². The zero-order valence-electron chi connectivity index (χ0n) is 14.8. The molecular weight excluding hydrogens is 332 g/mol. The van der Waals surface area contributed by atoms with E-state index in [0.29, 0.717) is 16.9 Å². The van der Waals surface area contributed by atoms with Crippen LogP contribution in [0, 0.1) is 0 Å². The van der Waals surface area contributed by atoms with E-state index in [9.17, 15) is 14.4 Å². The third-order valence-corrected chi connectivity index (χ3v) is 3.54. The fourth-order valence-corrected chi connectivity index (χ4v) is 2.15. The Labute approximate surface area is 152 Å². The maximum absolute atomic E-state index is 12.2. The van der Waals surface area contributed by atoms with E-state index in [2.05, 4.69) is 16.0 Å². The van der Waals surface area contributed by atoms with Gasteiger partial charge in [0.15, 0.2) is 0 Å². The highest BCUT2D eigenvalue weighted by Crippen LogP contribution is 2.16. The van der Waals surface area contributed by atoms with Gasteiger partial charge in [0, 0.05) is 44.0 Å². The van der Waals surface area contributed by atoms with Gasteiger partial charge in [-0.05, 0) is 30.3 Å². The van der Waals surface area contributed by atoms with Gasteiger partial charge in [-0.15, -0.1) is 0 Å². The number of nitrogens with zero attached hydrogens (tertiary/aromatic N) is 1. The van der Waals surface area contributed by atoms with Crippen LogP contribution in [0.4, 0.5) is 16.2 Å². The second kappa shape index (κ2) is 9.22. The van der Waals surface area contributed by atoms with E-state index in [1.54, 1.807) is 62.6 Å². The molecule has 136 valence electrons. The minimum atomic E-state index is -0.414. The van der Waals surface area contributed by atoms with E-state index in [-0.39, 0.29) is 24.8 Å². The molecule has 0 spiro atoms. The van der Waals surface area contributed by atoms with Crippen molar-refractivity contribution in [3.8, 4) is 0 Å². The largest absolute Gasteiger partial charge is 0.349 e. The molecule has 7 heteroatoms. The topological polar surface area (TPSA) is 90.5 Å². The molecule has 3 N–H and O–H groups in total. The summed E-state index contributed by atoms with van der Waals surface area (Å²) in [6.45, 7) is 0.243. The van der Waals surface area contributed by atoms with E-state index < -0.39 is 6.03 Å². The van der Waals surface area contributed by atoms with Crippen LogP contribution in [0.5, 0.6) is 0 Å². The monoisotopic (exact) mass is 354 g/mol. The Morgan fingerprint density at radius 3 is 2.19 bits per heavy atom. The second-order valence-electron chi connectivity index (χ2n) is 5.82. The van der Waals surface area contributed by atoms with Crippen molar-refractivity contribution in [1.29, 1.82) is 0 Å². The SMILES string of the molecule is CN(C)C(=O)CCNC(=O)Nc1cccc(NC(=O)c2ccccc2)c1. The van der Waals surface area contributed by atoms with Gasteiger partial charge in [-0.2, -0.15) is 0 Å². The van der Waals surface area contributed by atoms with Crippen LogP contribution in [0.15, 0.2) is 54.6 Å². The first-order chi connectivity index (χ1) is 12.5. The van der Waals surface area contributed by atoms with Gasteiger partial charge in [0.2, 0.25) is 5.91 Å². The summed E-state index contributed by atoms with van der Waals surface area (Å²) in [5, 5.41) is 8.07. The van der Waals surface area contributed by atoms with E-state index in [4.69, 9.17) is 0 Å². The van der Waals surface area contributed by atoms with Gasteiger partial charge in [-0.25, -0.2) is 4.79 Å². The predicted molar refractivity (Wildman–Crippen MR) is 101 cm³/mol.